The molecule has 5 nitrogen and oxygen atoms in total. The third-order valence-corrected chi connectivity index (χ3v) is 5.66. The summed E-state index contributed by atoms with van der Waals surface area (Å²) in [5.41, 5.74) is 10.3. The van der Waals surface area contributed by atoms with Gasteiger partial charge in [0.25, 0.3) is 0 Å². The fourth-order valence-corrected chi connectivity index (χ4v) is 4.04. The molecule has 0 bridgehead atoms. The molecule has 2 N–H and O–H groups in total. The molecule has 5 aromatic rings. The van der Waals surface area contributed by atoms with Crippen LogP contribution >= 0.6 is 0 Å². The molecular weight excluding hydrogens is 410 g/mol. The molecule has 0 aliphatic carbocycles. The molecule has 0 atom stereocenters. The summed E-state index contributed by atoms with van der Waals surface area (Å²) in [6, 6.07) is 28.2. The van der Waals surface area contributed by atoms with E-state index in [9.17, 15) is 0 Å². The maximum Gasteiger partial charge on any atom is 0.150 e. The van der Waals surface area contributed by atoms with E-state index in [1.54, 1.807) is 0 Å². The molecule has 3 aromatic carbocycles. The first-order chi connectivity index (χ1) is 16.3. The van der Waals surface area contributed by atoms with Gasteiger partial charge in [0.2, 0.25) is 0 Å². The van der Waals surface area contributed by atoms with Crippen LogP contribution in [0.3, 0.4) is 0 Å². The molecule has 33 heavy (non-hydrogen) atoms. The SMILES string of the molecule is Nc1nc2ccccc2c2c(CCc3ccc(OCCOc4ccccc4)cc3)ccnc12. The first-order valence-corrected chi connectivity index (χ1v) is 11.1. The Kier molecular flexibility index (Phi) is 6.02. The maximum atomic E-state index is 6.20. The Morgan fingerprint density at radius 3 is 2.18 bits per heavy atom. The molecule has 0 unspecified atom stereocenters. The largest absolute Gasteiger partial charge is 0.490 e. The highest BCUT2D eigenvalue weighted by Crippen LogP contribution is 2.30. The number of aromatic nitrogens is 2. The second-order valence-electron chi connectivity index (χ2n) is 7.86. The summed E-state index contributed by atoms with van der Waals surface area (Å²) in [5.74, 6) is 2.17. The minimum absolute atomic E-state index is 0.475. The number of nitrogen functional groups attached to an aromatic ring is 1. The minimum atomic E-state index is 0.475. The maximum absolute atomic E-state index is 6.20. The summed E-state index contributed by atoms with van der Waals surface area (Å²) < 4.78 is 11.5. The number of benzene rings is 3. The third kappa shape index (κ3) is 4.72. The van der Waals surface area contributed by atoms with E-state index in [0.29, 0.717) is 19.0 Å². The van der Waals surface area contributed by atoms with Crippen molar-refractivity contribution in [2.45, 2.75) is 12.8 Å². The zero-order chi connectivity index (χ0) is 22.5. The Balaban J connectivity index is 1.24. The first kappa shape index (κ1) is 20.8. The molecule has 0 spiro atoms. The van der Waals surface area contributed by atoms with Crippen LogP contribution in [0.15, 0.2) is 91.1 Å². The summed E-state index contributed by atoms with van der Waals surface area (Å²) in [6.07, 6.45) is 3.61. The van der Waals surface area contributed by atoms with E-state index in [-0.39, 0.29) is 0 Å². The molecule has 0 fully saturated rings. The van der Waals surface area contributed by atoms with Crippen molar-refractivity contribution in [2.75, 3.05) is 18.9 Å². The van der Waals surface area contributed by atoms with Gasteiger partial charge in [0.1, 0.15) is 30.2 Å². The zero-order valence-electron chi connectivity index (χ0n) is 18.3. The Morgan fingerprint density at radius 2 is 1.39 bits per heavy atom. The van der Waals surface area contributed by atoms with Crippen LogP contribution in [0, 0.1) is 0 Å². The van der Waals surface area contributed by atoms with Crippen LogP contribution in [-0.2, 0) is 12.8 Å². The van der Waals surface area contributed by atoms with Crippen LogP contribution < -0.4 is 15.2 Å². The molecule has 5 rings (SSSR count). The van der Waals surface area contributed by atoms with Gasteiger partial charge in [-0.15, -0.1) is 0 Å². The highest BCUT2D eigenvalue weighted by molar-refractivity contribution is 6.09. The van der Waals surface area contributed by atoms with Crippen molar-refractivity contribution in [1.29, 1.82) is 0 Å². The van der Waals surface area contributed by atoms with Crippen LogP contribution in [-0.4, -0.2) is 23.2 Å². The lowest BCUT2D eigenvalue weighted by Crippen LogP contribution is -2.08. The average molecular weight is 436 g/mol. The summed E-state index contributed by atoms with van der Waals surface area (Å²) >= 11 is 0. The molecule has 2 heterocycles. The lowest BCUT2D eigenvalue weighted by molar-refractivity contribution is 0.217. The van der Waals surface area contributed by atoms with Gasteiger partial charge >= 0.3 is 0 Å². The normalized spacial score (nSPS) is 11.0. The van der Waals surface area contributed by atoms with E-state index in [1.165, 1.54) is 11.1 Å². The van der Waals surface area contributed by atoms with Gasteiger partial charge in [-0.3, -0.25) is 4.98 Å². The molecule has 2 aromatic heterocycles. The smallest absolute Gasteiger partial charge is 0.150 e. The van der Waals surface area contributed by atoms with Crippen molar-refractivity contribution in [3.8, 4) is 11.5 Å². The number of rotatable bonds is 8. The third-order valence-electron chi connectivity index (χ3n) is 5.66. The van der Waals surface area contributed by atoms with Crippen molar-refractivity contribution in [3.05, 3.63) is 102 Å². The molecule has 0 radical (unpaired) electrons. The number of nitrogens with zero attached hydrogens (tertiary/aromatic N) is 2. The summed E-state index contributed by atoms with van der Waals surface area (Å²) in [4.78, 5) is 9.01. The fourth-order valence-electron chi connectivity index (χ4n) is 4.04. The van der Waals surface area contributed by atoms with Crippen LogP contribution in [0.25, 0.3) is 21.8 Å². The number of para-hydroxylation sites is 2. The monoisotopic (exact) mass is 435 g/mol. The Morgan fingerprint density at radius 1 is 0.697 bits per heavy atom. The second-order valence-corrected chi connectivity index (χ2v) is 7.86. The highest BCUT2D eigenvalue weighted by Gasteiger charge is 2.11. The predicted octanol–water partition coefficient (Wildman–Crippen LogP) is 5.61. The fraction of sp³-hybridized carbons (Fsp3) is 0.143. The van der Waals surface area contributed by atoms with Gasteiger partial charge in [-0.05, 0) is 60.4 Å². The molecule has 0 saturated heterocycles. The van der Waals surface area contributed by atoms with E-state index in [0.717, 1.165) is 46.1 Å². The zero-order valence-corrected chi connectivity index (χ0v) is 18.3. The Hall–Kier alpha value is -4.12. The van der Waals surface area contributed by atoms with Crippen LogP contribution in [0.4, 0.5) is 5.82 Å². The van der Waals surface area contributed by atoms with E-state index in [2.05, 4.69) is 34.2 Å². The number of aryl methyl sites for hydroxylation is 2. The standard InChI is InChI=1S/C28H25N3O2/c29-28-27-26(24-8-4-5-9-25(24)31-28)21(16-17-30-27)13-10-20-11-14-23(15-12-20)33-19-18-32-22-6-2-1-3-7-22/h1-9,11-12,14-17H,10,13,18-19H2,(H2,29,31). The van der Waals surface area contributed by atoms with Crippen molar-refractivity contribution in [1.82, 2.24) is 9.97 Å². The van der Waals surface area contributed by atoms with E-state index < -0.39 is 0 Å². The van der Waals surface area contributed by atoms with Gasteiger partial charge in [-0.1, -0.05) is 48.5 Å². The van der Waals surface area contributed by atoms with Crippen LogP contribution in [0.1, 0.15) is 11.1 Å². The van der Waals surface area contributed by atoms with Crippen LogP contribution in [0.5, 0.6) is 11.5 Å². The Bertz CT molecular complexity index is 1370. The van der Waals surface area contributed by atoms with E-state index in [4.69, 9.17) is 15.2 Å². The molecule has 0 aliphatic heterocycles. The lowest BCUT2D eigenvalue weighted by Gasteiger charge is -2.11. The van der Waals surface area contributed by atoms with Gasteiger partial charge in [-0.25, -0.2) is 4.98 Å². The van der Waals surface area contributed by atoms with E-state index in [1.807, 2.05) is 66.9 Å². The molecule has 0 saturated carbocycles. The highest BCUT2D eigenvalue weighted by atomic mass is 16.5. The number of ether oxygens (including phenoxy) is 2. The summed E-state index contributed by atoms with van der Waals surface area (Å²) in [5, 5.41) is 2.19. The predicted molar refractivity (Wildman–Crippen MR) is 133 cm³/mol. The lowest BCUT2D eigenvalue weighted by atomic mass is 9.98. The van der Waals surface area contributed by atoms with Gasteiger partial charge in [0.05, 0.1) is 5.52 Å². The van der Waals surface area contributed by atoms with Crippen LogP contribution in [0.2, 0.25) is 0 Å². The average Bonchev–Trinajstić information content (AvgIpc) is 2.87. The van der Waals surface area contributed by atoms with E-state index >= 15 is 0 Å². The molecular formula is C28H25N3O2. The topological polar surface area (TPSA) is 70.3 Å². The number of hydrogen-bond donors (Lipinski definition) is 1. The minimum Gasteiger partial charge on any atom is -0.490 e. The molecule has 5 heteroatoms. The number of pyridine rings is 2. The molecule has 0 amide bonds. The molecule has 0 aliphatic rings. The quantitative estimate of drug-likeness (QED) is 0.253. The second kappa shape index (κ2) is 9.57. The van der Waals surface area contributed by atoms with Gasteiger partial charge in [0, 0.05) is 17.0 Å². The van der Waals surface area contributed by atoms with Gasteiger partial charge in [0.15, 0.2) is 5.82 Å². The van der Waals surface area contributed by atoms with Crippen molar-refractivity contribution >= 4 is 27.6 Å². The molecule has 164 valence electrons. The van der Waals surface area contributed by atoms with Gasteiger partial charge in [-0.2, -0.15) is 0 Å². The van der Waals surface area contributed by atoms with Crippen molar-refractivity contribution in [2.24, 2.45) is 0 Å². The number of fused-ring (bicyclic) bond motifs is 3. The van der Waals surface area contributed by atoms with Crippen molar-refractivity contribution < 1.29 is 9.47 Å². The summed E-state index contributed by atoms with van der Waals surface area (Å²) in [6.45, 7) is 1.01. The van der Waals surface area contributed by atoms with Gasteiger partial charge < -0.3 is 15.2 Å². The number of hydrogen-bond acceptors (Lipinski definition) is 5. The van der Waals surface area contributed by atoms with Crippen molar-refractivity contribution in [3.63, 3.8) is 0 Å². The Labute approximate surface area is 192 Å². The number of nitrogens with two attached hydrogens (primary N) is 1. The first-order valence-electron chi connectivity index (χ1n) is 11.1. The summed E-state index contributed by atoms with van der Waals surface area (Å²) in [7, 11) is 0. The number of anilines is 1.